The van der Waals surface area contributed by atoms with Crippen molar-refractivity contribution in [2.24, 2.45) is 5.73 Å². The summed E-state index contributed by atoms with van der Waals surface area (Å²) in [6.07, 6.45) is 0. The Morgan fingerprint density at radius 3 is 2.68 bits per heavy atom. The SMILES string of the molecule is Cc1oc(NC(=O)CSCC(C)(C)N)c(C#N)c1C. The molecule has 0 spiro atoms. The minimum Gasteiger partial charge on any atom is -0.444 e. The molecule has 6 heteroatoms. The van der Waals surface area contributed by atoms with Gasteiger partial charge >= 0.3 is 0 Å². The lowest BCUT2D eigenvalue weighted by atomic mass is 10.1. The quantitative estimate of drug-likeness (QED) is 0.863. The van der Waals surface area contributed by atoms with E-state index in [-0.39, 0.29) is 23.1 Å². The molecule has 0 saturated carbocycles. The minimum atomic E-state index is -0.305. The summed E-state index contributed by atoms with van der Waals surface area (Å²) in [6, 6.07) is 2.04. The second-order valence-electron chi connectivity index (χ2n) is 5.13. The van der Waals surface area contributed by atoms with E-state index in [4.69, 9.17) is 15.4 Å². The number of anilines is 1. The van der Waals surface area contributed by atoms with Crippen molar-refractivity contribution >= 4 is 23.6 Å². The van der Waals surface area contributed by atoms with Crippen LogP contribution in [0, 0.1) is 25.2 Å². The van der Waals surface area contributed by atoms with Crippen LogP contribution in [0.1, 0.15) is 30.7 Å². The van der Waals surface area contributed by atoms with Crippen LogP contribution in [0.4, 0.5) is 5.88 Å². The molecule has 0 aliphatic heterocycles. The summed E-state index contributed by atoms with van der Waals surface area (Å²) in [7, 11) is 0. The van der Waals surface area contributed by atoms with Crippen LogP contribution >= 0.6 is 11.8 Å². The van der Waals surface area contributed by atoms with Crippen molar-refractivity contribution < 1.29 is 9.21 Å². The van der Waals surface area contributed by atoms with E-state index >= 15 is 0 Å². The van der Waals surface area contributed by atoms with Crippen LogP contribution in [0.15, 0.2) is 4.42 Å². The normalized spacial score (nSPS) is 11.2. The lowest BCUT2D eigenvalue weighted by molar-refractivity contribution is -0.113. The monoisotopic (exact) mass is 281 g/mol. The second-order valence-corrected chi connectivity index (χ2v) is 6.11. The largest absolute Gasteiger partial charge is 0.444 e. The van der Waals surface area contributed by atoms with Crippen molar-refractivity contribution in [2.75, 3.05) is 16.8 Å². The first kappa shape index (κ1) is 15.6. The highest BCUT2D eigenvalue weighted by Gasteiger charge is 2.17. The number of hydrogen-bond donors (Lipinski definition) is 2. The van der Waals surface area contributed by atoms with Crippen molar-refractivity contribution in [1.82, 2.24) is 0 Å². The topological polar surface area (TPSA) is 92.1 Å². The van der Waals surface area contributed by atoms with E-state index in [1.165, 1.54) is 11.8 Å². The number of aryl methyl sites for hydroxylation is 1. The molecule has 3 N–H and O–H groups in total. The maximum Gasteiger partial charge on any atom is 0.236 e. The molecule has 1 amide bonds. The highest BCUT2D eigenvalue weighted by atomic mass is 32.2. The number of nitrogens with zero attached hydrogens (tertiary/aromatic N) is 1. The summed E-state index contributed by atoms with van der Waals surface area (Å²) in [5.41, 5.74) is 6.67. The Hall–Kier alpha value is -1.45. The molecule has 0 unspecified atom stereocenters. The fourth-order valence-corrected chi connectivity index (χ4v) is 2.30. The van der Waals surface area contributed by atoms with Crippen LogP contribution in [0.25, 0.3) is 0 Å². The Balaban J connectivity index is 2.59. The molecule has 5 nitrogen and oxygen atoms in total. The molecule has 0 aliphatic rings. The number of furan rings is 1. The van der Waals surface area contributed by atoms with Gasteiger partial charge < -0.3 is 10.2 Å². The Bertz CT molecular complexity index is 509. The van der Waals surface area contributed by atoms with E-state index in [0.717, 1.165) is 5.56 Å². The molecule has 1 rings (SSSR count). The minimum absolute atomic E-state index is 0.195. The molecule has 0 aromatic carbocycles. The van der Waals surface area contributed by atoms with E-state index in [1.807, 2.05) is 19.9 Å². The van der Waals surface area contributed by atoms with E-state index in [0.29, 0.717) is 17.1 Å². The van der Waals surface area contributed by atoms with Gasteiger partial charge in [-0.25, -0.2) is 0 Å². The first-order chi connectivity index (χ1) is 8.74. The van der Waals surface area contributed by atoms with Crippen LogP contribution in [0.2, 0.25) is 0 Å². The summed E-state index contributed by atoms with van der Waals surface area (Å²) in [4.78, 5) is 11.7. The van der Waals surface area contributed by atoms with Crippen molar-refractivity contribution in [1.29, 1.82) is 5.26 Å². The fraction of sp³-hybridized carbons (Fsp3) is 0.538. The van der Waals surface area contributed by atoms with E-state index in [9.17, 15) is 4.79 Å². The van der Waals surface area contributed by atoms with Crippen LogP contribution in [-0.4, -0.2) is 23.0 Å². The number of hydrogen-bond acceptors (Lipinski definition) is 5. The summed E-state index contributed by atoms with van der Waals surface area (Å²) in [5.74, 6) is 1.64. The third kappa shape index (κ3) is 4.62. The van der Waals surface area contributed by atoms with Gasteiger partial charge in [-0.2, -0.15) is 17.0 Å². The molecule has 0 aliphatic carbocycles. The van der Waals surface area contributed by atoms with Gasteiger partial charge in [0.15, 0.2) is 0 Å². The van der Waals surface area contributed by atoms with Crippen molar-refractivity contribution in [3.63, 3.8) is 0 Å². The molecular weight excluding hydrogens is 262 g/mol. The lowest BCUT2D eigenvalue weighted by Gasteiger charge is -2.16. The number of carbonyl (C=O) groups excluding carboxylic acids is 1. The van der Waals surface area contributed by atoms with E-state index < -0.39 is 0 Å². The molecule has 0 saturated heterocycles. The number of nitrogens with one attached hydrogen (secondary N) is 1. The molecule has 0 atom stereocenters. The Kier molecular flexibility index (Phi) is 5.04. The summed E-state index contributed by atoms with van der Waals surface area (Å²) in [6.45, 7) is 7.37. The van der Waals surface area contributed by atoms with Gasteiger partial charge in [-0.1, -0.05) is 0 Å². The number of thioether (sulfide) groups is 1. The van der Waals surface area contributed by atoms with Crippen LogP contribution in [0.3, 0.4) is 0 Å². The van der Waals surface area contributed by atoms with Crippen molar-refractivity contribution in [3.8, 4) is 6.07 Å². The molecule has 1 aromatic heterocycles. The maximum absolute atomic E-state index is 11.7. The number of nitrogens with two attached hydrogens (primary N) is 1. The Morgan fingerprint density at radius 1 is 1.53 bits per heavy atom. The highest BCUT2D eigenvalue weighted by Crippen LogP contribution is 2.25. The summed E-state index contributed by atoms with van der Waals surface area (Å²) >= 11 is 1.45. The zero-order valence-corrected chi connectivity index (χ0v) is 12.5. The molecular formula is C13H19N3O2S. The van der Waals surface area contributed by atoms with Gasteiger partial charge in [0.2, 0.25) is 11.8 Å². The smallest absolute Gasteiger partial charge is 0.236 e. The summed E-state index contributed by atoms with van der Waals surface area (Å²) < 4.78 is 5.37. The maximum atomic E-state index is 11.7. The fourth-order valence-electron chi connectivity index (χ4n) is 1.42. The van der Waals surface area contributed by atoms with Gasteiger partial charge in [-0.3, -0.25) is 10.1 Å². The Labute approximate surface area is 117 Å². The van der Waals surface area contributed by atoms with Gasteiger partial charge in [-0.15, -0.1) is 0 Å². The second kappa shape index (κ2) is 6.13. The van der Waals surface area contributed by atoms with Gasteiger partial charge in [0.05, 0.1) is 5.75 Å². The number of carbonyl (C=O) groups is 1. The first-order valence-corrected chi connectivity index (χ1v) is 7.06. The number of nitriles is 1. The predicted octanol–water partition coefficient (Wildman–Crippen LogP) is 2.18. The zero-order chi connectivity index (χ0) is 14.6. The molecule has 0 radical (unpaired) electrons. The average molecular weight is 281 g/mol. The van der Waals surface area contributed by atoms with Crippen LogP contribution < -0.4 is 11.1 Å². The third-order valence-electron chi connectivity index (χ3n) is 2.46. The van der Waals surface area contributed by atoms with Crippen molar-refractivity contribution in [3.05, 3.63) is 16.9 Å². The van der Waals surface area contributed by atoms with Gasteiger partial charge in [0.1, 0.15) is 17.4 Å². The van der Waals surface area contributed by atoms with Crippen molar-refractivity contribution in [2.45, 2.75) is 33.2 Å². The number of amides is 1. The van der Waals surface area contributed by atoms with Gasteiger partial charge in [-0.05, 0) is 27.7 Å². The lowest BCUT2D eigenvalue weighted by Crippen LogP contribution is -2.35. The molecule has 104 valence electrons. The molecule has 0 fully saturated rings. The predicted molar refractivity (Wildman–Crippen MR) is 77.1 cm³/mol. The first-order valence-electron chi connectivity index (χ1n) is 5.91. The molecule has 0 bridgehead atoms. The van der Waals surface area contributed by atoms with E-state index in [1.54, 1.807) is 13.8 Å². The molecule has 1 heterocycles. The average Bonchev–Trinajstić information content (AvgIpc) is 2.52. The highest BCUT2D eigenvalue weighted by molar-refractivity contribution is 8.00. The molecule has 19 heavy (non-hydrogen) atoms. The van der Waals surface area contributed by atoms with Crippen LogP contribution in [0.5, 0.6) is 0 Å². The van der Waals surface area contributed by atoms with Gasteiger partial charge in [0, 0.05) is 16.9 Å². The summed E-state index contributed by atoms with van der Waals surface area (Å²) in [5, 5.41) is 11.6. The standard InChI is InChI=1S/C13H19N3O2S/c1-8-9(2)18-12(10(8)5-14)16-11(17)6-19-7-13(3,4)15/h6-7,15H2,1-4H3,(H,16,17). The van der Waals surface area contributed by atoms with Gasteiger partial charge in [0.25, 0.3) is 0 Å². The van der Waals surface area contributed by atoms with E-state index in [2.05, 4.69) is 5.32 Å². The van der Waals surface area contributed by atoms with Crippen LogP contribution in [-0.2, 0) is 4.79 Å². The zero-order valence-electron chi connectivity index (χ0n) is 11.7. The number of rotatable bonds is 5. The third-order valence-corrected chi connectivity index (χ3v) is 3.87. The molecule has 1 aromatic rings. The Morgan fingerprint density at radius 2 is 2.16 bits per heavy atom.